The van der Waals surface area contributed by atoms with Crippen LogP contribution in [0.2, 0.25) is 0 Å². The van der Waals surface area contributed by atoms with E-state index in [1.54, 1.807) is 0 Å². The fraction of sp³-hybridized carbons (Fsp3) is 0.0500. The highest BCUT2D eigenvalue weighted by Gasteiger charge is 2.28. The molecule has 0 saturated heterocycles. The van der Waals surface area contributed by atoms with Crippen LogP contribution in [0.1, 0.15) is 22.3 Å². The van der Waals surface area contributed by atoms with E-state index in [0.29, 0.717) is 0 Å². The van der Waals surface area contributed by atoms with Gasteiger partial charge in [0, 0.05) is 44.3 Å². The smallest absolute Gasteiger partial charge is 0.0546 e. The summed E-state index contributed by atoms with van der Waals surface area (Å²) in [6.07, 6.45) is 0. The highest BCUT2D eigenvalue weighted by molar-refractivity contribution is 6.35. The summed E-state index contributed by atoms with van der Waals surface area (Å²) in [4.78, 5) is 5.01. The van der Waals surface area contributed by atoms with Crippen molar-refractivity contribution in [1.29, 1.82) is 0 Å². The maximum atomic E-state index is 2.52. The highest BCUT2D eigenvalue weighted by Crippen LogP contribution is 2.55. The lowest BCUT2D eigenvalue weighted by atomic mass is 9.82. The van der Waals surface area contributed by atoms with Gasteiger partial charge in [-0.1, -0.05) is 192 Å². The first-order valence-electron chi connectivity index (χ1n) is 28.6. The molecule has 386 valence electrons. The van der Waals surface area contributed by atoms with Crippen LogP contribution in [0.25, 0.3) is 119 Å². The van der Waals surface area contributed by atoms with Crippen molar-refractivity contribution < 1.29 is 0 Å². The summed E-state index contributed by atoms with van der Waals surface area (Å²) in [7, 11) is 0. The Morgan fingerprint density at radius 3 is 0.829 bits per heavy atom. The molecule has 0 amide bonds. The largest absolute Gasteiger partial charge is 0.310 e. The van der Waals surface area contributed by atoms with Gasteiger partial charge in [0.15, 0.2) is 0 Å². The topological polar surface area (TPSA) is 6.48 Å². The Morgan fingerprint density at radius 2 is 0.488 bits per heavy atom. The van der Waals surface area contributed by atoms with Crippen molar-refractivity contribution in [2.24, 2.45) is 0 Å². The molecule has 0 unspecified atom stereocenters. The molecule has 16 rings (SSSR count). The molecule has 0 saturated carbocycles. The lowest BCUT2D eigenvalue weighted by molar-refractivity contribution is 1.28. The highest BCUT2D eigenvalue weighted by atomic mass is 15.1. The Hall–Kier alpha value is -10.3. The van der Waals surface area contributed by atoms with Gasteiger partial charge in [-0.15, -0.1) is 0 Å². The van der Waals surface area contributed by atoms with Gasteiger partial charge in [0.25, 0.3) is 0 Å². The normalized spacial score (nSPS) is 11.9. The third-order valence-corrected chi connectivity index (χ3v) is 17.5. The molecule has 0 atom stereocenters. The van der Waals surface area contributed by atoms with Gasteiger partial charge in [0.2, 0.25) is 0 Å². The predicted molar refractivity (Wildman–Crippen MR) is 354 cm³/mol. The zero-order chi connectivity index (χ0) is 54.7. The number of rotatable bonds is 8. The van der Waals surface area contributed by atoms with E-state index < -0.39 is 0 Å². The van der Waals surface area contributed by atoms with E-state index in [0.717, 1.165) is 34.1 Å². The third-order valence-electron chi connectivity index (χ3n) is 17.5. The zero-order valence-electron chi connectivity index (χ0n) is 46.3. The number of nitrogens with zero attached hydrogens (tertiary/aromatic N) is 2. The molecule has 2 heteroatoms. The second-order valence-corrected chi connectivity index (χ2v) is 22.8. The zero-order valence-corrected chi connectivity index (χ0v) is 46.3. The quantitative estimate of drug-likeness (QED) is 0.111. The molecule has 0 aliphatic rings. The third kappa shape index (κ3) is 7.63. The molecule has 0 aliphatic heterocycles. The second-order valence-electron chi connectivity index (χ2n) is 22.8. The van der Waals surface area contributed by atoms with Crippen LogP contribution in [0, 0.1) is 27.7 Å². The molecule has 0 N–H and O–H groups in total. The summed E-state index contributed by atoms with van der Waals surface area (Å²) >= 11 is 0. The van der Waals surface area contributed by atoms with Gasteiger partial charge < -0.3 is 9.80 Å². The van der Waals surface area contributed by atoms with Gasteiger partial charge >= 0.3 is 0 Å². The molecule has 0 spiro atoms. The summed E-state index contributed by atoms with van der Waals surface area (Å²) in [6, 6.07) is 101. The van der Waals surface area contributed by atoms with E-state index in [4.69, 9.17) is 0 Å². The van der Waals surface area contributed by atoms with Crippen molar-refractivity contribution in [1.82, 2.24) is 0 Å². The lowest BCUT2D eigenvalue weighted by Crippen LogP contribution is -2.12. The Bertz CT molecular complexity index is 4800. The summed E-state index contributed by atoms with van der Waals surface area (Å²) in [5.74, 6) is 0. The summed E-state index contributed by atoms with van der Waals surface area (Å²) in [6.45, 7) is 8.71. The minimum atomic E-state index is 1.10. The fourth-order valence-corrected chi connectivity index (χ4v) is 13.5. The average Bonchev–Trinajstić information content (AvgIpc) is 1.63. The van der Waals surface area contributed by atoms with Crippen LogP contribution < -0.4 is 9.80 Å². The first-order chi connectivity index (χ1) is 40.3. The number of hydrogen-bond acceptors (Lipinski definition) is 2. The van der Waals surface area contributed by atoms with Crippen molar-refractivity contribution in [3.63, 3.8) is 0 Å². The van der Waals surface area contributed by atoms with Crippen LogP contribution in [0.3, 0.4) is 0 Å². The molecule has 0 bridgehead atoms. The number of benzene rings is 16. The molecular weight excluding hydrogens is 989 g/mol. The summed E-state index contributed by atoms with van der Waals surface area (Å²) in [5.41, 5.74) is 16.4. The van der Waals surface area contributed by atoms with E-state index in [2.05, 4.69) is 304 Å². The maximum Gasteiger partial charge on any atom is 0.0546 e. The minimum Gasteiger partial charge on any atom is -0.310 e. The molecule has 82 heavy (non-hydrogen) atoms. The first-order valence-corrected chi connectivity index (χ1v) is 28.6. The van der Waals surface area contributed by atoms with E-state index in [1.165, 1.54) is 141 Å². The van der Waals surface area contributed by atoms with Crippen molar-refractivity contribution in [3.8, 4) is 22.3 Å². The number of anilines is 6. The molecule has 16 aromatic carbocycles. The number of hydrogen-bond donors (Lipinski definition) is 0. The predicted octanol–water partition coefficient (Wildman–Crippen LogP) is 23.0. The minimum absolute atomic E-state index is 1.10. The molecule has 0 aromatic heterocycles. The summed E-state index contributed by atoms with van der Waals surface area (Å²) in [5, 5.41) is 22.0. The SMILES string of the molecule is Cc1ccc(N(c2ccc(C)cc2)c2cc(-c3c4ccccc4cc4cc5ccccc5cc34)c3ccc4c(N(c5ccc(C)cc5)c5ccc(C)cc5)cc(-c5c6ccccc6cc6cc7ccccc7cc56)c5ccc2c3c54)cc1. The van der Waals surface area contributed by atoms with Crippen LogP contribution in [-0.2, 0) is 0 Å². The number of aryl methyl sites for hydroxylation is 4. The fourth-order valence-electron chi connectivity index (χ4n) is 13.5. The van der Waals surface area contributed by atoms with Crippen LogP contribution in [0.5, 0.6) is 0 Å². The summed E-state index contributed by atoms with van der Waals surface area (Å²) < 4.78 is 0. The van der Waals surface area contributed by atoms with E-state index in [1.807, 2.05) is 0 Å². The molecule has 16 aromatic rings. The average molecular weight is 1050 g/mol. The van der Waals surface area contributed by atoms with Gasteiger partial charge in [-0.05, 0) is 222 Å². The molecular formula is C80H56N2. The molecule has 0 radical (unpaired) electrons. The molecule has 0 fully saturated rings. The van der Waals surface area contributed by atoms with Crippen molar-refractivity contribution in [2.75, 3.05) is 9.80 Å². The Balaban J connectivity index is 1.14. The van der Waals surface area contributed by atoms with E-state index in [9.17, 15) is 0 Å². The monoisotopic (exact) mass is 1040 g/mol. The van der Waals surface area contributed by atoms with Gasteiger partial charge in [-0.2, -0.15) is 0 Å². The maximum absolute atomic E-state index is 2.52. The van der Waals surface area contributed by atoms with Gasteiger partial charge in [-0.25, -0.2) is 0 Å². The van der Waals surface area contributed by atoms with Crippen molar-refractivity contribution in [3.05, 3.63) is 289 Å². The second kappa shape index (κ2) is 18.7. The van der Waals surface area contributed by atoms with E-state index >= 15 is 0 Å². The number of fused-ring (bicyclic) bond motifs is 6. The molecule has 0 aliphatic carbocycles. The van der Waals surface area contributed by atoms with Crippen LogP contribution >= 0.6 is 0 Å². The van der Waals surface area contributed by atoms with Gasteiger partial charge in [0.05, 0.1) is 11.4 Å². The van der Waals surface area contributed by atoms with E-state index in [-0.39, 0.29) is 0 Å². The Morgan fingerprint density at radius 1 is 0.207 bits per heavy atom. The van der Waals surface area contributed by atoms with Crippen LogP contribution in [0.15, 0.2) is 267 Å². The Kier molecular flexibility index (Phi) is 10.9. The molecule has 0 heterocycles. The van der Waals surface area contributed by atoms with Crippen molar-refractivity contribution >= 4 is 131 Å². The van der Waals surface area contributed by atoms with Crippen LogP contribution in [0.4, 0.5) is 34.1 Å². The Labute approximate surface area is 477 Å². The van der Waals surface area contributed by atoms with Gasteiger partial charge in [-0.3, -0.25) is 0 Å². The van der Waals surface area contributed by atoms with Gasteiger partial charge in [0.1, 0.15) is 0 Å². The lowest BCUT2D eigenvalue weighted by Gasteiger charge is -2.31. The van der Waals surface area contributed by atoms with Crippen molar-refractivity contribution in [2.45, 2.75) is 27.7 Å². The molecule has 2 nitrogen and oxygen atoms in total. The van der Waals surface area contributed by atoms with Crippen LogP contribution in [-0.4, -0.2) is 0 Å². The standard InChI is InChI=1S/C80H56N2/c1-49-21-29-61(30-22-49)81(62-31-23-50(2)24-32-62)75-47-73(77-65-19-11-9-17-57(65)43-59-41-53-13-5-7-15-55(53)45-71(59)77)67-38-40-70-76(82(63-33-25-51(3)26-34-63)64-35-27-52(4)28-36-64)48-74(68-37-39-69(75)79(67)80(68)70)78-66-20-12-10-18-58(66)44-60-42-54-14-6-8-16-56(54)46-72(60)78/h5-48H,1-4H3. The first kappa shape index (κ1) is 47.7.